The Morgan fingerprint density at radius 3 is 2.57 bits per heavy atom. The second kappa shape index (κ2) is 8.57. The summed E-state index contributed by atoms with van der Waals surface area (Å²) in [5.41, 5.74) is 2.64. The molecule has 0 aliphatic carbocycles. The molecule has 1 aromatic carbocycles. The van der Waals surface area contributed by atoms with Crippen LogP contribution in [0.1, 0.15) is 45.2 Å². The summed E-state index contributed by atoms with van der Waals surface area (Å²) in [6.07, 6.45) is 5.09. The molecule has 0 fully saturated rings. The van der Waals surface area contributed by atoms with Crippen molar-refractivity contribution in [3.05, 3.63) is 102 Å². The highest BCUT2D eigenvalue weighted by molar-refractivity contribution is 6.02. The van der Waals surface area contributed by atoms with Crippen molar-refractivity contribution >= 4 is 17.3 Å². The van der Waals surface area contributed by atoms with Crippen LogP contribution in [0, 0.1) is 0 Å². The summed E-state index contributed by atoms with van der Waals surface area (Å²) in [6, 6.07) is 18.5. The molecule has 7 nitrogen and oxygen atoms in total. The zero-order valence-corrected chi connectivity index (χ0v) is 16.4. The van der Waals surface area contributed by atoms with Crippen molar-refractivity contribution in [2.45, 2.75) is 19.5 Å². The molecule has 0 aliphatic heterocycles. The Morgan fingerprint density at radius 1 is 1.00 bits per heavy atom. The number of nitrogens with zero attached hydrogens (tertiary/aromatic N) is 3. The second-order valence-corrected chi connectivity index (χ2v) is 6.89. The first kappa shape index (κ1) is 19.3. The molecule has 0 saturated heterocycles. The topological polar surface area (TPSA) is 88.4 Å². The summed E-state index contributed by atoms with van der Waals surface area (Å²) < 4.78 is 1.63. The zero-order valence-electron chi connectivity index (χ0n) is 16.4. The van der Waals surface area contributed by atoms with E-state index in [9.17, 15) is 9.59 Å². The van der Waals surface area contributed by atoms with Crippen LogP contribution in [0.2, 0.25) is 0 Å². The first-order chi connectivity index (χ1) is 14.6. The fourth-order valence-electron chi connectivity index (χ4n) is 3.22. The van der Waals surface area contributed by atoms with Gasteiger partial charge >= 0.3 is 0 Å². The lowest BCUT2D eigenvalue weighted by molar-refractivity contribution is 0.0928. The van der Waals surface area contributed by atoms with Crippen LogP contribution in [0.15, 0.2) is 79.3 Å². The lowest BCUT2D eigenvalue weighted by Crippen LogP contribution is -2.28. The molecular weight excluding hydrogens is 378 g/mol. The number of benzene rings is 1. The van der Waals surface area contributed by atoms with Crippen LogP contribution in [-0.2, 0) is 6.54 Å². The summed E-state index contributed by atoms with van der Waals surface area (Å²) in [5.74, 6) is -0.531. The van der Waals surface area contributed by atoms with Gasteiger partial charge in [-0.1, -0.05) is 42.5 Å². The van der Waals surface area contributed by atoms with Crippen molar-refractivity contribution in [1.82, 2.24) is 25.0 Å². The number of rotatable bonds is 6. The van der Waals surface area contributed by atoms with E-state index in [4.69, 9.17) is 0 Å². The van der Waals surface area contributed by atoms with Crippen LogP contribution in [-0.4, -0.2) is 26.2 Å². The minimum atomic E-state index is -0.349. The third kappa shape index (κ3) is 4.05. The Morgan fingerprint density at radius 2 is 1.80 bits per heavy atom. The van der Waals surface area contributed by atoms with E-state index in [0.717, 1.165) is 11.1 Å². The number of carbonyl (C=O) groups is 2. The monoisotopic (exact) mass is 399 g/mol. The third-order valence-corrected chi connectivity index (χ3v) is 4.79. The number of nitrogens with one attached hydrogen (secondary N) is 2. The number of carbonyl (C=O) groups excluding carboxylic acids is 2. The molecule has 2 amide bonds. The SMILES string of the molecule is CC(NC(=O)c1nc(C(=O)NCc2cccnc2)c2ccccn12)c1ccccc1. The molecule has 2 N–H and O–H groups in total. The molecule has 3 heterocycles. The van der Waals surface area contributed by atoms with Gasteiger partial charge in [-0.15, -0.1) is 0 Å². The number of hydrogen-bond acceptors (Lipinski definition) is 4. The standard InChI is InChI=1S/C23H21N5O2/c1-16(18-9-3-2-4-10-18)26-23(30)21-27-20(19-11-5-6-13-28(19)21)22(29)25-15-17-8-7-12-24-14-17/h2-14,16H,15H2,1H3,(H,25,29)(H,26,30). The van der Waals surface area contributed by atoms with Gasteiger partial charge in [0, 0.05) is 25.1 Å². The summed E-state index contributed by atoms with van der Waals surface area (Å²) in [5, 5.41) is 5.79. The average Bonchev–Trinajstić information content (AvgIpc) is 3.19. The molecule has 0 aliphatic rings. The molecule has 1 atom stereocenters. The van der Waals surface area contributed by atoms with Crippen LogP contribution < -0.4 is 10.6 Å². The number of fused-ring (bicyclic) bond motifs is 1. The molecule has 4 rings (SSSR count). The average molecular weight is 399 g/mol. The molecule has 0 saturated carbocycles. The molecule has 0 spiro atoms. The summed E-state index contributed by atoms with van der Waals surface area (Å²) in [7, 11) is 0. The molecule has 150 valence electrons. The van der Waals surface area contributed by atoms with Crippen molar-refractivity contribution in [1.29, 1.82) is 0 Å². The maximum Gasteiger partial charge on any atom is 0.288 e. The predicted octanol–water partition coefficient (Wildman–Crippen LogP) is 3.15. The van der Waals surface area contributed by atoms with E-state index in [1.807, 2.05) is 55.5 Å². The van der Waals surface area contributed by atoms with Gasteiger partial charge in [0.15, 0.2) is 5.69 Å². The van der Waals surface area contributed by atoms with Crippen LogP contribution in [0.25, 0.3) is 5.52 Å². The summed E-state index contributed by atoms with van der Waals surface area (Å²) in [6.45, 7) is 2.23. The van der Waals surface area contributed by atoms with E-state index < -0.39 is 0 Å². The Hall–Kier alpha value is -4.00. The third-order valence-electron chi connectivity index (χ3n) is 4.79. The van der Waals surface area contributed by atoms with Gasteiger partial charge in [0.2, 0.25) is 5.82 Å². The van der Waals surface area contributed by atoms with E-state index in [1.54, 1.807) is 35.1 Å². The smallest absolute Gasteiger partial charge is 0.288 e. The zero-order chi connectivity index (χ0) is 20.9. The summed E-state index contributed by atoms with van der Waals surface area (Å²) >= 11 is 0. The molecular formula is C23H21N5O2. The maximum atomic E-state index is 12.9. The number of pyridine rings is 2. The van der Waals surface area contributed by atoms with E-state index in [1.165, 1.54) is 0 Å². The van der Waals surface area contributed by atoms with E-state index in [0.29, 0.717) is 12.1 Å². The van der Waals surface area contributed by atoms with Crippen molar-refractivity contribution in [3.8, 4) is 0 Å². The lowest BCUT2D eigenvalue weighted by Gasteiger charge is -2.13. The summed E-state index contributed by atoms with van der Waals surface area (Å²) in [4.78, 5) is 34.1. The van der Waals surface area contributed by atoms with Gasteiger partial charge in [-0.05, 0) is 36.2 Å². The first-order valence-corrected chi connectivity index (χ1v) is 9.63. The van der Waals surface area contributed by atoms with Gasteiger partial charge in [0.25, 0.3) is 11.8 Å². The molecule has 7 heteroatoms. The molecule has 30 heavy (non-hydrogen) atoms. The lowest BCUT2D eigenvalue weighted by atomic mass is 10.1. The Kier molecular flexibility index (Phi) is 5.52. The van der Waals surface area contributed by atoms with E-state index in [2.05, 4.69) is 20.6 Å². The maximum absolute atomic E-state index is 12.9. The highest BCUT2D eigenvalue weighted by atomic mass is 16.2. The second-order valence-electron chi connectivity index (χ2n) is 6.89. The van der Waals surface area contributed by atoms with Gasteiger partial charge in [0.05, 0.1) is 11.6 Å². The fraction of sp³-hybridized carbons (Fsp3) is 0.130. The van der Waals surface area contributed by atoms with Gasteiger partial charge in [0.1, 0.15) is 0 Å². The van der Waals surface area contributed by atoms with Crippen LogP contribution in [0.3, 0.4) is 0 Å². The fourth-order valence-corrected chi connectivity index (χ4v) is 3.22. The molecule has 1 unspecified atom stereocenters. The van der Waals surface area contributed by atoms with Crippen LogP contribution in [0.5, 0.6) is 0 Å². The first-order valence-electron chi connectivity index (χ1n) is 9.63. The predicted molar refractivity (Wildman–Crippen MR) is 113 cm³/mol. The Labute approximate surface area is 173 Å². The van der Waals surface area contributed by atoms with Crippen molar-refractivity contribution in [2.75, 3.05) is 0 Å². The van der Waals surface area contributed by atoms with Gasteiger partial charge in [-0.3, -0.25) is 19.0 Å². The minimum absolute atomic E-state index is 0.167. The van der Waals surface area contributed by atoms with Crippen molar-refractivity contribution in [3.63, 3.8) is 0 Å². The molecule has 0 radical (unpaired) electrons. The van der Waals surface area contributed by atoms with Gasteiger partial charge in [-0.25, -0.2) is 4.98 Å². The van der Waals surface area contributed by atoms with Crippen LogP contribution >= 0.6 is 0 Å². The minimum Gasteiger partial charge on any atom is -0.346 e. The number of hydrogen-bond donors (Lipinski definition) is 2. The van der Waals surface area contributed by atoms with Crippen LogP contribution in [0.4, 0.5) is 0 Å². The molecule has 3 aromatic heterocycles. The Bertz CT molecular complexity index is 1170. The largest absolute Gasteiger partial charge is 0.346 e. The van der Waals surface area contributed by atoms with Gasteiger partial charge in [-0.2, -0.15) is 0 Å². The number of imidazole rings is 1. The van der Waals surface area contributed by atoms with E-state index in [-0.39, 0.29) is 29.4 Å². The van der Waals surface area contributed by atoms with Gasteiger partial charge < -0.3 is 10.6 Å². The highest BCUT2D eigenvalue weighted by Gasteiger charge is 2.22. The normalized spacial score (nSPS) is 11.8. The number of aromatic nitrogens is 3. The van der Waals surface area contributed by atoms with E-state index >= 15 is 0 Å². The Balaban J connectivity index is 1.57. The number of amides is 2. The molecule has 0 bridgehead atoms. The molecule has 4 aromatic rings. The highest BCUT2D eigenvalue weighted by Crippen LogP contribution is 2.16. The quantitative estimate of drug-likeness (QED) is 0.521. The van der Waals surface area contributed by atoms with Crippen molar-refractivity contribution in [2.24, 2.45) is 0 Å². The van der Waals surface area contributed by atoms with Crippen molar-refractivity contribution < 1.29 is 9.59 Å².